The molecule has 1 saturated heterocycles. The highest BCUT2D eigenvalue weighted by atomic mass is 16.6. The number of piperazine rings is 1. The van der Waals surface area contributed by atoms with E-state index in [-0.39, 0.29) is 12.0 Å². The summed E-state index contributed by atoms with van der Waals surface area (Å²) in [6.07, 6.45) is 9.24. The van der Waals surface area contributed by atoms with Gasteiger partial charge < -0.3 is 19.9 Å². The fraction of sp³-hybridized carbons (Fsp3) is 0.692. The van der Waals surface area contributed by atoms with Crippen molar-refractivity contribution in [2.75, 3.05) is 36.4 Å². The molecule has 0 radical (unpaired) electrons. The number of hydrogen-bond donors (Lipinski definition) is 1. The maximum Gasteiger partial charge on any atom is 0.410 e. The molecule has 1 N–H and O–H groups in total. The molecular formula is C26H41N3O3. The van der Waals surface area contributed by atoms with E-state index < -0.39 is 5.60 Å². The summed E-state index contributed by atoms with van der Waals surface area (Å²) in [5, 5.41) is 3.14. The summed E-state index contributed by atoms with van der Waals surface area (Å²) in [7, 11) is 0. The van der Waals surface area contributed by atoms with Gasteiger partial charge in [-0.1, -0.05) is 32.1 Å². The van der Waals surface area contributed by atoms with Crippen molar-refractivity contribution < 1.29 is 14.3 Å². The number of ether oxygens (including phenoxy) is 1. The van der Waals surface area contributed by atoms with Crippen LogP contribution in [0.5, 0.6) is 0 Å². The molecule has 2 amide bonds. The average Bonchev–Trinajstić information content (AvgIpc) is 2.70. The van der Waals surface area contributed by atoms with Crippen LogP contribution in [-0.2, 0) is 9.53 Å². The minimum absolute atomic E-state index is 0.136. The van der Waals surface area contributed by atoms with Crippen molar-refractivity contribution in [3.8, 4) is 0 Å². The molecule has 0 unspecified atom stereocenters. The van der Waals surface area contributed by atoms with E-state index in [9.17, 15) is 9.59 Å². The molecule has 6 nitrogen and oxygen atoms in total. The lowest BCUT2D eigenvalue weighted by Crippen LogP contribution is -2.50. The van der Waals surface area contributed by atoms with E-state index in [1.165, 1.54) is 44.9 Å². The smallest absolute Gasteiger partial charge is 0.410 e. The Hall–Kier alpha value is -2.24. The first-order valence-corrected chi connectivity index (χ1v) is 12.3. The highest BCUT2D eigenvalue weighted by Crippen LogP contribution is 2.27. The highest BCUT2D eigenvalue weighted by Gasteiger charge is 2.26. The molecule has 6 heteroatoms. The average molecular weight is 444 g/mol. The molecular weight excluding hydrogens is 402 g/mol. The molecule has 0 atom stereocenters. The first-order valence-electron chi connectivity index (χ1n) is 12.3. The monoisotopic (exact) mass is 443 g/mol. The first-order chi connectivity index (χ1) is 15.2. The maximum atomic E-state index is 12.6. The van der Waals surface area contributed by atoms with Crippen LogP contribution in [0.4, 0.5) is 16.2 Å². The summed E-state index contributed by atoms with van der Waals surface area (Å²) >= 11 is 0. The Bertz CT molecular complexity index is 771. The van der Waals surface area contributed by atoms with E-state index in [0.29, 0.717) is 25.4 Å². The number of amides is 2. The maximum absolute atomic E-state index is 12.6. The standard InChI is InChI=1S/C26H41N3O3/c1-20-18-22(28-14-16-29(17-15-28)25(31)32-26(2,3)4)12-13-23(20)27-24(30)19-21-10-8-6-5-7-9-11-21/h12-13,18,21H,5-11,14-17,19H2,1-4H3,(H,27,30). The summed E-state index contributed by atoms with van der Waals surface area (Å²) < 4.78 is 5.49. The van der Waals surface area contributed by atoms with Crippen LogP contribution in [0.3, 0.4) is 0 Å². The summed E-state index contributed by atoms with van der Waals surface area (Å²) in [5.41, 5.74) is 2.63. The van der Waals surface area contributed by atoms with E-state index in [4.69, 9.17) is 4.74 Å². The van der Waals surface area contributed by atoms with Crippen LogP contribution in [0.25, 0.3) is 0 Å². The molecule has 0 aromatic heterocycles. The van der Waals surface area contributed by atoms with Gasteiger partial charge in [0.2, 0.25) is 5.91 Å². The topological polar surface area (TPSA) is 61.9 Å². The zero-order valence-electron chi connectivity index (χ0n) is 20.4. The Kier molecular flexibility index (Phi) is 8.44. The van der Waals surface area contributed by atoms with Gasteiger partial charge in [0.25, 0.3) is 0 Å². The third kappa shape index (κ3) is 7.42. The molecule has 1 aromatic rings. The van der Waals surface area contributed by atoms with Gasteiger partial charge in [0, 0.05) is 44.0 Å². The van der Waals surface area contributed by atoms with Gasteiger partial charge in [0.1, 0.15) is 5.60 Å². The van der Waals surface area contributed by atoms with Crippen LogP contribution in [0, 0.1) is 12.8 Å². The summed E-state index contributed by atoms with van der Waals surface area (Å²) in [5.74, 6) is 0.661. The largest absolute Gasteiger partial charge is 0.444 e. The molecule has 1 aliphatic heterocycles. The van der Waals surface area contributed by atoms with Crippen molar-refractivity contribution in [3.63, 3.8) is 0 Å². The first kappa shape index (κ1) is 24.4. The minimum atomic E-state index is -0.471. The van der Waals surface area contributed by atoms with E-state index in [0.717, 1.165) is 30.0 Å². The Morgan fingerprint density at radius 2 is 1.62 bits per heavy atom. The number of benzene rings is 1. The quantitative estimate of drug-likeness (QED) is 0.644. The van der Waals surface area contributed by atoms with Crippen LogP contribution in [0.1, 0.15) is 77.7 Å². The van der Waals surface area contributed by atoms with E-state index in [1.54, 1.807) is 4.90 Å². The van der Waals surface area contributed by atoms with Gasteiger partial charge in [-0.25, -0.2) is 4.79 Å². The second kappa shape index (κ2) is 11.1. The SMILES string of the molecule is Cc1cc(N2CCN(C(=O)OC(C)(C)C)CC2)ccc1NC(=O)CC1CCCCCCC1. The Balaban J connectivity index is 1.50. The molecule has 3 rings (SSSR count). The van der Waals surface area contributed by atoms with Gasteiger partial charge in [-0.05, 0) is 70.2 Å². The summed E-state index contributed by atoms with van der Waals surface area (Å²) in [6.45, 7) is 10.6. The predicted octanol–water partition coefficient (Wildman–Crippen LogP) is 5.74. The van der Waals surface area contributed by atoms with Crippen LogP contribution < -0.4 is 10.2 Å². The van der Waals surface area contributed by atoms with Gasteiger partial charge >= 0.3 is 6.09 Å². The molecule has 2 aliphatic rings. The van der Waals surface area contributed by atoms with Gasteiger partial charge in [-0.3, -0.25) is 4.79 Å². The molecule has 1 aromatic carbocycles. The van der Waals surface area contributed by atoms with E-state index in [2.05, 4.69) is 22.3 Å². The van der Waals surface area contributed by atoms with Crippen LogP contribution in [-0.4, -0.2) is 48.7 Å². The number of carbonyl (C=O) groups is 2. The molecule has 1 saturated carbocycles. The van der Waals surface area contributed by atoms with Crippen LogP contribution in [0.15, 0.2) is 18.2 Å². The Morgan fingerprint density at radius 1 is 1.00 bits per heavy atom. The molecule has 2 fully saturated rings. The normalized spacial score (nSPS) is 18.6. The van der Waals surface area contributed by atoms with Crippen molar-refractivity contribution >= 4 is 23.4 Å². The van der Waals surface area contributed by atoms with Crippen LogP contribution >= 0.6 is 0 Å². The van der Waals surface area contributed by atoms with Gasteiger partial charge in [-0.2, -0.15) is 0 Å². The fourth-order valence-electron chi connectivity index (χ4n) is 4.67. The van der Waals surface area contributed by atoms with Gasteiger partial charge in [-0.15, -0.1) is 0 Å². The summed E-state index contributed by atoms with van der Waals surface area (Å²) in [6, 6.07) is 6.22. The fourth-order valence-corrected chi connectivity index (χ4v) is 4.67. The van der Waals surface area contributed by atoms with Crippen molar-refractivity contribution in [2.45, 2.75) is 84.7 Å². The number of hydrogen-bond acceptors (Lipinski definition) is 4. The molecule has 1 aliphatic carbocycles. The van der Waals surface area contributed by atoms with Crippen molar-refractivity contribution in [1.82, 2.24) is 4.90 Å². The zero-order valence-corrected chi connectivity index (χ0v) is 20.4. The summed E-state index contributed by atoms with van der Waals surface area (Å²) in [4.78, 5) is 29.0. The van der Waals surface area contributed by atoms with Crippen molar-refractivity contribution in [2.24, 2.45) is 5.92 Å². The lowest BCUT2D eigenvalue weighted by Gasteiger charge is -2.37. The van der Waals surface area contributed by atoms with Crippen molar-refractivity contribution in [3.05, 3.63) is 23.8 Å². The number of rotatable bonds is 4. The molecule has 1 heterocycles. The lowest BCUT2D eigenvalue weighted by atomic mass is 9.88. The molecule has 32 heavy (non-hydrogen) atoms. The number of aryl methyl sites for hydroxylation is 1. The highest BCUT2D eigenvalue weighted by molar-refractivity contribution is 5.92. The third-order valence-electron chi connectivity index (χ3n) is 6.48. The molecule has 0 spiro atoms. The van der Waals surface area contributed by atoms with Crippen molar-refractivity contribution in [1.29, 1.82) is 0 Å². The lowest BCUT2D eigenvalue weighted by molar-refractivity contribution is -0.117. The third-order valence-corrected chi connectivity index (χ3v) is 6.48. The number of carbonyl (C=O) groups excluding carboxylic acids is 2. The number of nitrogens with one attached hydrogen (secondary N) is 1. The van der Waals surface area contributed by atoms with E-state index in [1.807, 2.05) is 33.8 Å². The minimum Gasteiger partial charge on any atom is -0.444 e. The van der Waals surface area contributed by atoms with Gasteiger partial charge in [0.05, 0.1) is 0 Å². The molecule has 178 valence electrons. The molecule has 0 bridgehead atoms. The van der Waals surface area contributed by atoms with Crippen LogP contribution in [0.2, 0.25) is 0 Å². The Morgan fingerprint density at radius 3 is 2.22 bits per heavy atom. The zero-order chi connectivity index (χ0) is 23.1. The Labute approximate surface area is 193 Å². The second-order valence-corrected chi connectivity index (χ2v) is 10.4. The second-order valence-electron chi connectivity index (χ2n) is 10.4. The predicted molar refractivity (Wildman–Crippen MR) is 130 cm³/mol. The van der Waals surface area contributed by atoms with E-state index >= 15 is 0 Å². The van der Waals surface area contributed by atoms with Gasteiger partial charge in [0.15, 0.2) is 0 Å². The number of nitrogens with zero attached hydrogens (tertiary/aromatic N) is 2. The number of anilines is 2.